The summed E-state index contributed by atoms with van der Waals surface area (Å²) in [4.78, 5) is 26.8. The number of ether oxygens (including phenoxy) is 1. The molecule has 0 spiro atoms. The van der Waals surface area contributed by atoms with Gasteiger partial charge in [0.1, 0.15) is 5.02 Å². The lowest BCUT2D eigenvalue weighted by atomic mass is 9.89. The smallest absolute Gasteiger partial charge is 0.269 e. The molecular formula is C18H21ClN4O3. The second-order valence-corrected chi connectivity index (χ2v) is 8.00. The number of nitrogens with zero attached hydrogens (tertiary/aromatic N) is 4. The Morgan fingerprint density at radius 3 is 2.77 bits per heavy atom. The van der Waals surface area contributed by atoms with Gasteiger partial charge in [-0.05, 0) is 18.1 Å². The van der Waals surface area contributed by atoms with Crippen molar-refractivity contribution in [3.8, 4) is 0 Å². The Bertz CT molecular complexity index is 958. The highest BCUT2D eigenvalue weighted by molar-refractivity contribution is 6.31. The third-order valence-corrected chi connectivity index (χ3v) is 5.77. The summed E-state index contributed by atoms with van der Waals surface area (Å²) in [6, 6.07) is 0. The molecule has 1 saturated heterocycles. The van der Waals surface area contributed by atoms with Crippen molar-refractivity contribution in [3.05, 3.63) is 50.2 Å². The molecule has 8 heteroatoms. The Kier molecular flexibility index (Phi) is 3.96. The molecule has 0 N–H and O–H groups in total. The van der Waals surface area contributed by atoms with Crippen molar-refractivity contribution < 1.29 is 9.53 Å². The van der Waals surface area contributed by atoms with Crippen molar-refractivity contribution in [2.45, 2.75) is 33.5 Å². The van der Waals surface area contributed by atoms with E-state index in [0.717, 1.165) is 23.4 Å². The van der Waals surface area contributed by atoms with Gasteiger partial charge >= 0.3 is 0 Å². The standard InChI is InChI=1S/C18H21ClN4O3/c1-11-13-6-22(7-14(13)21(3)17(25)15(11)19)16(24)12-4-20-23(5-12)8-18(2)9-26-10-18/h4-5H,6-10H2,1-3H3. The molecule has 0 saturated carbocycles. The highest BCUT2D eigenvalue weighted by Crippen LogP contribution is 2.30. The van der Waals surface area contributed by atoms with Crippen LogP contribution in [0, 0.1) is 12.3 Å². The van der Waals surface area contributed by atoms with Crippen molar-refractivity contribution >= 4 is 17.5 Å². The van der Waals surface area contributed by atoms with E-state index >= 15 is 0 Å². The Morgan fingerprint density at radius 2 is 2.12 bits per heavy atom. The van der Waals surface area contributed by atoms with Crippen molar-refractivity contribution in [2.75, 3.05) is 13.2 Å². The molecule has 2 aliphatic rings. The number of aromatic nitrogens is 3. The van der Waals surface area contributed by atoms with Crippen molar-refractivity contribution in [2.24, 2.45) is 12.5 Å². The first kappa shape index (κ1) is 17.3. The van der Waals surface area contributed by atoms with Crippen LogP contribution < -0.4 is 5.56 Å². The molecule has 2 aromatic rings. The van der Waals surface area contributed by atoms with Crippen LogP contribution in [0.4, 0.5) is 0 Å². The van der Waals surface area contributed by atoms with Crippen LogP contribution in [0.25, 0.3) is 0 Å². The highest BCUT2D eigenvalue weighted by Gasteiger charge is 2.34. The van der Waals surface area contributed by atoms with Gasteiger partial charge in [-0.1, -0.05) is 18.5 Å². The average Bonchev–Trinajstić information content (AvgIpc) is 3.23. The number of rotatable bonds is 3. The summed E-state index contributed by atoms with van der Waals surface area (Å²) in [5.41, 5.74) is 2.97. The van der Waals surface area contributed by atoms with Crippen LogP contribution >= 0.6 is 11.6 Å². The molecule has 7 nitrogen and oxygen atoms in total. The van der Waals surface area contributed by atoms with Crippen molar-refractivity contribution in [3.63, 3.8) is 0 Å². The number of halogens is 1. The molecule has 2 aromatic heterocycles. The Morgan fingerprint density at radius 1 is 1.38 bits per heavy atom. The van der Waals surface area contributed by atoms with Gasteiger partial charge in [-0.2, -0.15) is 5.10 Å². The second kappa shape index (κ2) is 5.96. The fourth-order valence-electron chi connectivity index (χ4n) is 3.64. The maximum atomic E-state index is 12.9. The van der Waals surface area contributed by atoms with Gasteiger partial charge in [-0.25, -0.2) is 0 Å². The van der Waals surface area contributed by atoms with E-state index in [1.807, 2.05) is 6.92 Å². The third kappa shape index (κ3) is 2.66. The summed E-state index contributed by atoms with van der Waals surface area (Å²) < 4.78 is 8.61. The van der Waals surface area contributed by atoms with Gasteiger partial charge in [0.25, 0.3) is 11.5 Å². The van der Waals surface area contributed by atoms with Crippen LogP contribution in [0.1, 0.15) is 34.1 Å². The number of amides is 1. The van der Waals surface area contributed by atoms with Gasteiger partial charge in [-0.3, -0.25) is 14.3 Å². The zero-order valence-corrected chi connectivity index (χ0v) is 15.8. The van der Waals surface area contributed by atoms with Gasteiger partial charge in [0.15, 0.2) is 0 Å². The first-order valence-electron chi connectivity index (χ1n) is 8.55. The number of hydrogen-bond acceptors (Lipinski definition) is 4. The minimum atomic E-state index is -0.221. The van der Waals surface area contributed by atoms with Gasteiger partial charge in [-0.15, -0.1) is 0 Å². The van der Waals surface area contributed by atoms with Gasteiger partial charge in [0.2, 0.25) is 0 Å². The molecule has 1 fully saturated rings. The third-order valence-electron chi connectivity index (χ3n) is 5.33. The molecule has 26 heavy (non-hydrogen) atoms. The fourth-order valence-corrected chi connectivity index (χ4v) is 3.88. The van der Waals surface area contributed by atoms with Gasteiger partial charge < -0.3 is 14.2 Å². The van der Waals surface area contributed by atoms with Crippen LogP contribution in [-0.4, -0.2) is 38.4 Å². The van der Waals surface area contributed by atoms with E-state index in [1.165, 1.54) is 0 Å². The van der Waals surface area contributed by atoms with Crippen LogP contribution in [0.3, 0.4) is 0 Å². The number of hydrogen-bond donors (Lipinski definition) is 0. The normalized spacial score (nSPS) is 17.9. The maximum Gasteiger partial charge on any atom is 0.269 e. The molecule has 0 aliphatic carbocycles. The van der Waals surface area contributed by atoms with Crippen LogP contribution in [0.5, 0.6) is 0 Å². The molecule has 138 valence electrons. The number of pyridine rings is 1. The first-order valence-corrected chi connectivity index (χ1v) is 8.93. The summed E-state index contributed by atoms with van der Waals surface area (Å²) in [6.07, 6.45) is 3.39. The number of fused-ring (bicyclic) bond motifs is 1. The molecule has 0 unspecified atom stereocenters. The monoisotopic (exact) mass is 376 g/mol. The minimum absolute atomic E-state index is 0.0857. The van der Waals surface area contributed by atoms with E-state index < -0.39 is 0 Å². The van der Waals surface area contributed by atoms with Crippen LogP contribution in [0.15, 0.2) is 17.2 Å². The molecule has 4 heterocycles. The summed E-state index contributed by atoms with van der Waals surface area (Å²) in [7, 11) is 1.69. The quantitative estimate of drug-likeness (QED) is 0.818. The minimum Gasteiger partial charge on any atom is -0.380 e. The first-order chi connectivity index (χ1) is 12.3. The van der Waals surface area contributed by atoms with Crippen LogP contribution in [0.2, 0.25) is 5.02 Å². The molecule has 4 rings (SSSR count). The molecule has 0 aromatic carbocycles. The fraction of sp³-hybridized carbons (Fsp3) is 0.500. The van der Waals surface area contributed by atoms with E-state index in [0.29, 0.717) is 31.9 Å². The Labute approximate surface area is 156 Å². The molecule has 1 amide bonds. The zero-order chi connectivity index (χ0) is 18.6. The van der Waals surface area contributed by atoms with E-state index in [-0.39, 0.29) is 21.9 Å². The maximum absolute atomic E-state index is 12.9. The van der Waals surface area contributed by atoms with E-state index in [1.54, 1.807) is 33.6 Å². The lowest BCUT2D eigenvalue weighted by Crippen LogP contribution is -2.43. The van der Waals surface area contributed by atoms with Crippen LogP contribution in [-0.2, 0) is 31.4 Å². The van der Waals surface area contributed by atoms with E-state index in [2.05, 4.69) is 12.0 Å². The molecule has 0 bridgehead atoms. The van der Waals surface area contributed by atoms with Gasteiger partial charge in [0, 0.05) is 30.9 Å². The summed E-state index contributed by atoms with van der Waals surface area (Å²) in [6.45, 7) is 6.97. The highest BCUT2D eigenvalue weighted by atomic mass is 35.5. The van der Waals surface area contributed by atoms with E-state index in [9.17, 15) is 9.59 Å². The zero-order valence-electron chi connectivity index (χ0n) is 15.1. The average molecular weight is 377 g/mol. The lowest BCUT2D eigenvalue weighted by Gasteiger charge is -2.37. The summed E-state index contributed by atoms with van der Waals surface area (Å²) in [5, 5.41) is 4.55. The SMILES string of the molecule is Cc1c2c(n(C)c(=O)c1Cl)CN(C(=O)c1cnn(CC3(C)COC3)c1)C2. The van der Waals surface area contributed by atoms with Gasteiger partial charge in [0.05, 0.1) is 38.1 Å². The molecule has 0 atom stereocenters. The van der Waals surface area contributed by atoms with Crippen molar-refractivity contribution in [1.82, 2.24) is 19.2 Å². The largest absolute Gasteiger partial charge is 0.380 e. The molecule has 2 aliphatic heterocycles. The summed E-state index contributed by atoms with van der Waals surface area (Å²) in [5.74, 6) is -0.0922. The lowest BCUT2D eigenvalue weighted by molar-refractivity contribution is -0.111. The van der Waals surface area contributed by atoms with Crippen molar-refractivity contribution in [1.29, 1.82) is 0 Å². The number of carbonyl (C=O) groups is 1. The molecular weight excluding hydrogens is 356 g/mol. The number of carbonyl (C=O) groups excluding carboxylic acids is 1. The Balaban J connectivity index is 1.55. The molecule has 0 radical (unpaired) electrons. The second-order valence-electron chi connectivity index (χ2n) is 7.62. The van der Waals surface area contributed by atoms with E-state index in [4.69, 9.17) is 16.3 Å². The topological polar surface area (TPSA) is 69.4 Å². The predicted octanol–water partition coefficient (Wildman–Crippen LogP) is 1.74. The predicted molar refractivity (Wildman–Crippen MR) is 96.2 cm³/mol. The summed E-state index contributed by atoms with van der Waals surface area (Å²) >= 11 is 6.13. The Hall–Kier alpha value is -2.12.